The Labute approximate surface area is 222 Å². The van der Waals surface area contributed by atoms with Gasteiger partial charge in [-0.15, -0.1) is 0 Å². The second-order valence-electron chi connectivity index (χ2n) is 9.67. The maximum absolute atomic E-state index is 12.3. The fraction of sp³-hybridized carbons (Fsp3) is 0.296. The molecule has 10 heteroatoms. The molecule has 0 aromatic heterocycles. The van der Waals surface area contributed by atoms with Gasteiger partial charge in [0.25, 0.3) is 10.1 Å². The Kier molecular flexibility index (Phi) is 8.42. The van der Waals surface area contributed by atoms with Crippen LogP contribution in [0.3, 0.4) is 0 Å². The number of benzene rings is 3. The number of ether oxygens (including phenoxy) is 2. The van der Waals surface area contributed by atoms with Gasteiger partial charge in [-0.25, -0.2) is 4.79 Å². The largest absolute Gasteiger partial charge is 0.493 e. The maximum atomic E-state index is 12.3. The van der Waals surface area contributed by atoms with Crippen LogP contribution in [0, 0.1) is 13.8 Å². The number of aryl methyl sites for hydroxylation is 1. The van der Waals surface area contributed by atoms with E-state index in [0.29, 0.717) is 41.3 Å². The van der Waals surface area contributed by atoms with Crippen molar-refractivity contribution in [1.82, 2.24) is 0 Å². The SMILES string of the molecule is Cc1cc(OCCc2ccc(N)c(NC(=O)OC(C)(C)C)c2C)cc(-c2cccc(S(=O)(=O)O)c2Cl)c1. The van der Waals surface area contributed by atoms with Gasteiger partial charge in [-0.1, -0.05) is 35.9 Å². The van der Waals surface area contributed by atoms with E-state index in [4.69, 9.17) is 26.8 Å². The molecule has 0 unspecified atom stereocenters. The number of halogens is 1. The number of amides is 1. The normalized spacial score (nSPS) is 11.8. The Morgan fingerprint density at radius 3 is 2.46 bits per heavy atom. The summed E-state index contributed by atoms with van der Waals surface area (Å²) in [6.45, 7) is 9.44. The van der Waals surface area contributed by atoms with E-state index in [1.165, 1.54) is 12.1 Å². The third-order valence-corrected chi connectivity index (χ3v) is 6.89. The summed E-state index contributed by atoms with van der Waals surface area (Å²) < 4.78 is 44.1. The molecular weight excluding hydrogens is 516 g/mol. The van der Waals surface area contributed by atoms with Crippen molar-refractivity contribution in [2.75, 3.05) is 17.7 Å². The lowest BCUT2D eigenvalue weighted by atomic mass is 10.0. The highest BCUT2D eigenvalue weighted by Crippen LogP contribution is 2.35. The van der Waals surface area contributed by atoms with Crippen LogP contribution in [0.25, 0.3) is 11.1 Å². The fourth-order valence-electron chi connectivity index (χ4n) is 3.82. The number of carbonyl (C=O) groups is 1. The molecular formula is C27H31ClN2O6S. The summed E-state index contributed by atoms with van der Waals surface area (Å²) in [6.07, 6.45) is -0.0445. The van der Waals surface area contributed by atoms with E-state index < -0.39 is 21.8 Å². The van der Waals surface area contributed by atoms with Crippen molar-refractivity contribution in [2.45, 2.75) is 51.5 Å². The van der Waals surface area contributed by atoms with Gasteiger partial charge in [-0.05, 0) is 81.1 Å². The van der Waals surface area contributed by atoms with Gasteiger partial charge in [0, 0.05) is 12.0 Å². The smallest absolute Gasteiger partial charge is 0.412 e. The van der Waals surface area contributed by atoms with E-state index >= 15 is 0 Å². The lowest BCUT2D eigenvalue weighted by Crippen LogP contribution is -2.27. The summed E-state index contributed by atoms with van der Waals surface area (Å²) in [5, 5.41) is 2.67. The molecule has 0 bridgehead atoms. The van der Waals surface area contributed by atoms with Crippen molar-refractivity contribution >= 4 is 39.2 Å². The lowest BCUT2D eigenvalue weighted by molar-refractivity contribution is 0.0636. The molecule has 3 aromatic carbocycles. The summed E-state index contributed by atoms with van der Waals surface area (Å²) in [6, 6.07) is 13.5. The van der Waals surface area contributed by atoms with Crippen molar-refractivity contribution in [3.63, 3.8) is 0 Å². The predicted molar refractivity (Wildman–Crippen MR) is 146 cm³/mol. The van der Waals surface area contributed by atoms with Crippen LogP contribution in [-0.2, 0) is 21.3 Å². The van der Waals surface area contributed by atoms with Gasteiger partial charge in [-0.3, -0.25) is 9.87 Å². The van der Waals surface area contributed by atoms with Crippen LogP contribution in [-0.4, -0.2) is 31.3 Å². The van der Waals surface area contributed by atoms with Crippen LogP contribution < -0.4 is 15.8 Å². The first-order valence-electron chi connectivity index (χ1n) is 11.5. The highest BCUT2D eigenvalue weighted by atomic mass is 35.5. The van der Waals surface area contributed by atoms with E-state index in [9.17, 15) is 17.8 Å². The first-order chi connectivity index (χ1) is 17.2. The number of hydrogen-bond acceptors (Lipinski definition) is 6. The molecule has 0 saturated heterocycles. The van der Waals surface area contributed by atoms with Crippen molar-refractivity contribution in [1.29, 1.82) is 0 Å². The monoisotopic (exact) mass is 546 g/mol. The highest BCUT2D eigenvalue weighted by molar-refractivity contribution is 7.86. The second kappa shape index (κ2) is 11.0. The summed E-state index contributed by atoms with van der Waals surface area (Å²) in [5.41, 5.74) is 10.1. The number of nitrogen functional groups attached to an aromatic ring is 1. The van der Waals surface area contributed by atoms with Crippen LogP contribution in [0.15, 0.2) is 53.4 Å². The van der Waals surface area contributed by atoms with Crippen LogP contribution in [0.5, 0.6) is 5.75 Å². The van der Waals surface area contributed by atoms with Crippen LogP contribution >= 0.6 is 11.6 Å². The summed E-state index contributed by atoms with van der Waals surface area (Å²) in [4.78, 5) is 11.9. The van der Waals surface area contributed by atoms with Gasteiger partial charge in [0.2, 0.25) is 0 Å². The molecule has 0 atom stereocenters. The summed E-state index contributed by atoms with van der Waals surface area (Å²) >= 11 is 6.30. The molecule has 0 spiro atoms. The molecule has 0 aliphatic heterocycles. The molecule has 3 aromatic rings. The van der Waals surface area contributed by atoms with Gasteiger partial charge < -0.3 is 15.2 Å². The molecule has 0 heterocycles. The zero-order valence-electron chi connectivity index (χ0n) is 21.4. The highest BCUT2D eigenvalue weighted by Gasteiger charge is 2.20. The fourth-order valence-corrected chi connectivity index (χ4v) is 4.93. The standard InChI is InChI=1S/C27H31ClN2O6S/c1-16-13-19(21-7-6-8-23(24(21)28)37(32,33)34)15-20(14-16)35-12-11-18-9-10-22(29)25(17(18)2)30-26(31)36-27(3,4)5/h6-10,13-15H,11-12,29H2,1-5H3,(H,30,31)(H,32,33,34). The average Bonchev–Trinajstić information content (AvgIpc) is 2.76. The summed E-state index contributed by atoms with van der Waals surface area (Å²) in [5.74, 6) is 0.573. The zero-order chi connectivity index (χ0) is 27.5. The van der Waals surface area contributed by atoms with E-state index in [2.05, 4.69) is 5.32 Å². The van der Waals surface area contributed by atoms with Crippen LogP contribution in [0.2, 0.25) is 5.02 Å². The van der Waals surface area contributed by atoms with Gasteiger partial charge >= 0.3 is 6.09 Å². The zero-order valence-corrected chi connectivity index (χ0v) is 23.0. The Morgan fingerprint density at radius 1 is 1.11 bits per heavy atom. The topological polar surface area (TPSA) is 128 Å². The second-order valence-corrected chi connectivity index (χ2v) is 11.4. The van der Waals surface area contributed by atoms with Gasteiger partial charge in [-0.2, -0.15) is 8.42 Å². The van der Waals surface area contributed by atoms with E-state index in [-0.39, 0.29) is 9.92 Å². The van der Waals surface area contributed by atoms with Gasteiger partial charge in [0.15, 0.2) is 0 Å². The average molecular weight is 547 g/mol. The molecule has 37 heavy (non-hydrogen) atoms. The number of carbonyl (C=O) groups excluding carboxylic acids is 1. The minimum atomic E-state index is -4.46. The first-order valence-corrected chi connectivity index (χ1v) is 13.4. The number of rotatable bonds is 7. The Balaban J connectivity index is 1.78. The number of hydrogen-bond donors (Lipinski definition) is 3. The molecule has 0 aliphatic rings. The van der Waals surface area contributed by atoms with Crippen molar-refractivity contribution < 1.29 is 27.2 Å². The van der Waals surface area contributed by atoms with Crippen molar-refractivity contribution in [3.05, 3.63) is 70.2 Å². The molecule has 4 N–H and O–H groups in total. The van der Waals surface area contributed by atoms with Crippen LogP contribution in [0.1, 0.15) is 37.5 Å². The minimum Gasteiger partial charge on any atom is -0.493 e. The summed E-state index contributed by atoms with van der Waals surface area (Å²) in [7, 11) is -4.46. The van der Waals surface area contributed by atoms with E-state index in [0.717, 1.165) is 16.7 Å². The molecule has 1 amide bonds. The minimum absolute atomic E-state index is 0.0657. The number of anilines is 2. The Hall–Kier alpha value is -3.27. The molecule has 8 nitrogen and oxygen atoms in total. The first kappa shape index (κ1) is 28.3. The number of nitrogens with one attached hydrogen (secondary N) is 1. The Morgan fingerprint density at radius 2 is 1.81 bits per heavy atom. The lowest BCUT2D eigenvalue weighted by Gasteiger charge is -2.21. The number of nitrogens with two attached hydrogens (primary N) is 1. The van der Waals surface area contributed by atoms with Crippen molar-refractivity contribution in [3.8, 4) is 16.9 Å². The molecule has 198 valence electrons. The predicted octanol–water partition coefficient (Wildman–Crippen LogP) is 6.42. The maximum Gasteiger partial charge on any atom is 0.412 e. The van der Waals surface area contributed by atoms with Crippen molar-refractivity contribution in [2.24, 2.45) is 0 Å². The molecule has 3 rings (SSSR count). The third kappa shape index (κ3) is 7.38. The van der Waals surface area contributed by atoms with Gasteiger partial charge in [0.1, 0.15) is 16.2 Å². The third-order valence-electron chi connectivity index (χ3n) is 5.48. The molecule has 0 fully saturated rings. The van der Waals surface area contributed by atoms with E-state index in [1.54, 1.807) is 39.0 Å². The molecule has 0 saturated carbocycles. The van der Waals surface area contributed by atoms with Crippen LogP contribution in [0.4, 0.5) is 16.2 Å². The van der Waals surface area contributed by atoms with Gasteiger partial charge in [0.05, 0.1) is 23.0 Å². The Bertz CT molecular complexity index is 1430. The molecule has 0 aliphatic carbocycles. The molecule has 0 radical (unpaired) electrons. The van der Waals surface area contributed by atoms with E-state index in [1.807, 2.05) is 32.0 Å². The quantitative estimate of drug-likeness (QED) is 0.230.